The molecule has 60 valence electrons. The van der Waals surface area contributed by atoms with Crippen LogP contribution in [0.1, 0.15) is 17.4 Å². The number of aromatic nitrogens is 3. The van der Waals surface area contributed by atoms with Crippen LogP contribution in [-0.4, -0.2) is 20.4 Å². The summed E-state index contributed by atoms with van der Waals surface area (Å²) in [4.78, 5) is 14.9. The molecule has 0 atom stereocenters. The van der Waals surface area contributed by atoms with Crippen LogP contribution in [0.25, 0.3) is 5.52 Å². The zero-order valence-corrected chi connectivity index (χ0v) is 6.56. The van der Waals surface area contributed by atoms with Gasteiger partial charge in [-0.1, -0.05) is 0 Å². The normalized spacial score (nSPS) is 10.4. The number of carbonyl (C=O) groups is 1. The number of nitrogens with zero attached hydrogens (tertiary/aromatic N) is 3. The lowest BCUT2D eigenvalue weighted by Crippen LogP contribution is -2.01. The first-order valence-electron chi connectivity index (χ1n) is 3.58. The zero-order chi connectivity index (χ0) is 8.55. The number of hydrogen-bond donors (Lipinski definition) is 0. The lowest BCUT2D eigenvalue weighted by Gasteiger charge is -1.94. The van der Waals surface area contributed by atoms with Crippen LogP contribution in [-0.2, 0) is 0 Å². The van der Waals surface area contributed by atoms with Crippen molar-refractivity contribution in [2.45, 2.75) is 6.92 Å². The highest BCUT2D eigenvalue weighted by Crippen LogP contribution is 2.06. The first kappa shape index (κ1) is 6.97. The molecule has 4 nitrogen and oxygen atoms in total. The highest BCUT2D eigenvalue weighted by Gasteiger charge is 2.05. The summed E-state index contributed by atoms with van der Waals surface area (Å²) in [6.07, 6.45) is 3.08. The summed E-state index contributed by atoms with van der Waals surface area (Å²) in [7, 11) is 0. The Labute approximate surface area is 68.8 Å². The Morgan fingerprint density at radius 1 is 1.50 bits per heavy atom. The molecule has 0 aliphatic rings. The maximum Gasteiger partial charge on any atom is 0.178 e. The largest absolute Gasteiger partial charge is 0.293 e. The van der Waals surface area contributed by atoms with Gasteiger partial charge >= 0.3 is 0 Å². The molecule has 0 bridgehead atoms. The van der Waals surface area contributed by atoms with E-state index in [1.807, 2.05) is 6.07 Å². The first-order chi connectivity index (χ1) is 5.79. The van der Waals surface area contributed by atoms with Crippen molar-refractivity contribution in [3.8, 4) is 0 Å². The van der Waals surface area contributed by atoms with Crippen molar-refractivity contribution in [1.82, 2.24) is 14.6 Å². The highest BCUT2D eigenvalue weighted by molar-refractivity contribution is 5.93. The molecule has 0 unspecified atom stereocenters. The fourth-order valence-electron chi connectivity index (χ4n) is 1.13. The fourth-order valence-corrected chi connectivity index (χ4v) is 1.13. The first-order valence-corrected chi connectivity index (χ1v) is 3.58. The predicted molar refractivity (Wildman–Crippen MR) is 43.0 cm³/mol. The van der Waals surface area contributed by atoms with Gasteiger partial charge in [0.05, 0.1) is 11.7 Å². The summed E-state index contributed by atoms with van der Waals surface area (Å²) in [6.45, 7) is 1.52. The van der Waals surface area contributed by atoms with Crippen molar-refractivity contribution in [2.24, 2.45) is 0 Å². The molecule has 0 aliphatic carbocycles. The number of carbonyl (C=O) groups excluding carboxylic acids is 1. The van der Waals surface area contributed by atoms with Crippen LogP contribution in [0.15, 0.2) is 24.7 Å². The van der Waals surface area contributed by atoms with E-state index in [4.69, 9.17) is 0 Å². The van der Waals surface area contributed by atoms with Crippen LogP contribution in [0.4, 0.5) is 0 Å². The molecule has 2 aromatic heterocycles. The number of ketones is 1. The SMILES string of the molecule is CC(=O)c1ccc2cncnn12. The molecule has 0 radical (unpaired) electrons. The molecule has 0 fully saturated rings. The summed E-state index contributed by atoms with van der Waals surface area (Å²) < 4.78 is 1.58. The lowest BCUT2D eigenvalue weighted by molar-refractivity contribution is 0.101. The van der Waals surface area contributed by atoms with E-state index in [1.54, 1.807) is 16.8 Å². The molecule has 0 N–H and O–H groups in total. The lowest BCUT2D eigenvalue weighted by atomic mass is 10.3. The summed E-state index contributed by atoms with van der Waals surface area (Å²) in [6, 6.07) is 3.56. The Bertz CT molecular complexity index is 433. The maximum atomic E-state index is 11.0. The minimum absolute atomic E-state index is 0.00806. The fraction of sp³-hybridized carbons (Fsp3) is 0.125. The molecule has 0 aliphatic heterocycles. The minimum Gasteiger partial charge on any atom is -0.293 e. The Morgan fingerprint density at radius 3 is 3.08 bits per heavy atom. The van der Waals surface area contributed by atoms with E-state index in [0.29, 0.717) is 5.69 Å². The standard InChI is InChI=1S/C8H7N3O/c1-6(12)8-3-2-7-4-9-5-10-11(7)8/h2-5H,1H3. The minimum atomic E-state index is 0.00806. The quantitative estimate of drug-likeness (QED) is 0.584. The second-order valence-electron chi connectivity index (χ2n) is 2.52. The Hall–Kier alpha value is -1.71. The summed E-state index contributed by atoms with van der Waals surface area (Å²) in [5.41, 5.74) is 1.43. The van der Waals surface area contributed by atoms with Gasteiger partial charge in [0.2, 0.25) is 0 Å². The van der Waals surface area contributed by atoms with Gasteiger partial charge in [0.25, 0.3) is 0 Å². The molecule has 2 aromatic rings. The van der Waals surface area contributed by atoms with Crippen molar-refractivity contribution in [2.75, 3.05) is 0 Å². The van der Waals surface area contributed by atoms with E-state index in [-0.39, 0.29) is 5.78 Å². The van der Waals surface area contributed by atoms with Gasteiger partial charge in [-0.25, -0.2) is 9.50 Å². The molecule has 2 rings (SSSR count). The highest BCUT2D eigenvalue weighted by atomic mass is 16.1. The van der Waals surface area contributed by atoms with Crippen LogP contribution >= 0.6 is 0 Å². The van der Waals surface area contributed by atoms with E-state index >= 15 is 0 Å². The van der Waals surface area contributed by atoms with Crippen LogP contribution in [0, 0.1) is 0 Å². The van der Waals surface area contributed by atoms with Gasteiger partial charge < -0.3 is 0 Å². The molecule has 4 heteroatoms. The molecule has 0 saturated heterocycles. The van der Waals surface area contributed by atoms with E-state index in [1.165, 1.54) is 13.3 Å². The number of rotatable bonds is 1. The van der Waals surface area contributed by atoms with E-state index in [0.717, 1.165) is 5.52 Å². The summed E-state index contributed by atoms with van der Waals surface area (Å²) in [5, 5.41) is 3.95. The molecular weight excluding hydrogens is 154 g/mol. The smallest absolute Gasteiger partial charge is 0.178 e. The van der Waals surface area contributed by atoms with Gasteiger partial charge in [-0.2, -0.15) is 5.10 Å². The van der Waals surface area contributed by atoms with Gasteiger partial charge in [0.1, 0.15) is 12.0 Å². The van der Waals surface area contributed by atoms with Crippen LogP contribution in [0.3, 0.4) is 0 Å². The van der Waals surface area contributed by atoms with Gasteiger partial charge in [-0.05, 0) is 12.1 Å². The van der Waals surface area contributed by atoms with Gasteiger partial charge in [0.15, 0.2) is 5.78 Å². The predicted octanol–water partition coefficient (Wildman–Crippen LogP) is 0.932. The third kappa shape index (κ3) is 0.887. The third-order valence-electron chi connectivity index (χ3n) is 1.69. The van der Waals surface area contributed by atoms with E-state index in [9.17, 15) is 4.79 Å². The molecule has 0 amide bonds. The van der Waals surface area contributed by atoms with Gasteiger partial charge in [-0.3, -0.25) is 4.79 Å². The van der Waals surface area contributed by atoms with Crippen molar-refractivity contribution in [1.29, 1.82) is 0 Å². The molecule has 12 heavy (non-hydrogen) atoms. The second-order valence-corrected chi connectivity index (χ2v) is 2.52. The average Bonchev–Trinajstić information content (AvgIpc) is 2.47. The number of hydrogen-bond acceptors (Lipinski definition) is 3. The van der Waals surface area contributed by atoms with Crippen molar-refractivity contribution >= 4 is 11.3 Å². The molecule has 0 spiro atoms. The van der Waals surface area contributed by atoms with E-state index in [2.05, 4.69) is 10.1 Å². The van der Waals surface area contributed by atoms with E-state index < -0.39 is 0 Å². The molecular formula is C8H7N3O. The molecule has 2 heterocycles. The summed E-state index contributed by atoms with van der Waals surface area (Å²) in [5.74, 6) is 0.00806. The van der Waals surface area contributed by atoms with Crippen LogP contribution in [0.5, 0.6) is 0 Å². The van der Waals surface area contributed by atoms with Crippen LogP contribution in [0.2, 0.25) is 0 Å². The van der Waals surface area contributed by atoms with Gasteiger partial charge in [0, 0.05) is 6.92 Å². The topological polar surface area (TPSA) is 47.3 Å². The Balaban J connectivity index is 2.79. The Kier molecular flexibility index (Phi) is 1.40. The molecule has 0 saturated carbocycles. The number of fused-ring (bicyclic) bond motifs is 1. The third-order valence-corrected chi connectivity index (χ3v) is 1.69. The van der Waals surface area contributed by atoms with Crippen LogP contribution < -0.4 is 0 Å². The zero-order valence-electron chi connectivity index (χ0n) is 6.56. The molecule has 0 aromatic carbocycles. The monoisotopic (exact) mass is 161 g/mol. The second kappa shape index (κ2) is 2.41. The average molecular weight is 161 g/mol. The van der Waals surface area contributed by atoms with Crippen molar-refractivity contribution in [3.05, 3.63) is 30.4 Å². The van der Waals surface area contributed by atoms with Crippen molar-refractivity contribution < 1.29 is 4.79 Å². The maximum absolute atomic E-state index is 11.0. The van der Waals surface area contributed by atoms with Gasteiger partial charge in [-0.15, -0.1) is 0 Å². The Morgan fingerprint density at radius 2 is 2.33 bits per heavy atom. The van der Waals surface area contributed by atoms with Crippen molar-refractivity contribution in [3.63, 3.8) is 0 Å². The summed E-state index contributed by atoms with van der Waals surface area (Å²) >= 11 is 0. The number of Topliss-reactive ketones (excluding diaryl/α,β-unsaturated/α-hetero) is 1.